The average Bonchev–Trinajstić information content (AvgIpc) is 2.81. The Labute approximate surface area is 94.6 Å². The minimum atomic E-state index is 0.307. The predicted molar refractivity (Wildman–Crippen MR) is 64.1 cm³/mol. The Bertz CT molecular complexity index is 367. The van der Waals surface area contributed by atoms with Crippen LogP contribution in [0.25, 0.3) is 0 Å². The second kappa shape index (κ2) is 5.17. The third-order valence-corrected chi connectivity index (χ3v) is 3.52. The van der Waals surface area contributed by atoms with Crippen molar-refractivity contribution in [3.05, 3.63) is 42.0 Å². The SMILES string of the molecule is O=C(CSc1ccccc1)C1=CCCC1. The lowest BCUT2D eigenvalue weighted by Gasteiger charge is -2.01. The number of carbonyl (C=O) groups excluding carboxylic acids is 1. The van der Waals surface area contributed by atoms with E-state index in [1.165, 1.54) is 4.90 Å². The van der Waals surface area contributed by atoms with Gasteiger partial charge in [-0.25, -0.2) is 0 Å². The molecular formula is C13H14OS. The van der Waals surface area contributed by atoms with E-state index in [4.69, 9.17) is 0 Å². The minimum Gasteiger partial charge on any atom is -0.294 e. The van der Waals surface area contributed by atoms with Crippen LogP contribution in [0.4, 0.5) is 0 Å². The maximum absolute atomic E-state index is 11.7. The summed E-state index contributed by atoms with van der Waals surface area (Å²) < 4.78 is 0. The zero-order valence-corrected chi connectivity index (χ0v) is 9.43. The summed E-state index contributed by atoms with van der Waals surface area (Å²) in [6, 6.07) is 10.1. The van der Waals surface area contributed by atoms with E-state index in [1.807, 2.05) is 30.3 Å². The number of ketones is 1. The van der Waals surface area contributed by atoms with Crippen LogP contribution < -0.4 is 0 Å². The van der Waals surface area contributed by atoms with E-state index in [-0.39, 0.29) is 0 Å². The molecule has 1 aromatic carbocycles. The van der Waals surface area contributed by atoms with E-state index in [9.17, 15) is 4.79 Å². The van der Waals surface area contributed by atoms with E-state index in [2.05, 4.69) is 6.08 Å². The van der Waals surface area contributed by atoms with Gasteiger partial charge in [0.1, 0.15) is 0 Å². The second-order valence-corrected chi connectivity index (χ2v) is 4.70. The number of carbonyl (C=O) groups is 1. The van der Waals surface area contributed by atoms with Gasteiger partial charge >= 0.3 is 0 Å². The fourth-order valence-electron chi connectivity index (χ4n) is 1.68. The van der Waals surface area contributed by atoms with Crippen LogP contribution in [-0.2, 0) is 4.79 Å². The molecule has 1 nitrogen and oxygen atoms in total. The van der Waals surface area contributed by atoms with Crippen molar-refractivity contribution in [3.8, 4) is 0 Å². The lowest BCUT2D eigenvalue weighted by Crippen LogP contribution is -2.03. The summed E-state index contributed by atoms with van der Waals surface area (Å²) in [6.45, 7) is 0. The normalized spacial score (nSPS) is 15.1. The summed E-state index contributed by atoms with van der Waals surface area (Å²) in [5, 5.41) is 0. The van der Waals surface area contributed by atoms with Crippen molar-refractivity contribution in [3.63, 3.8) is 0 Å². The van der Waals surface area contributed by atoms with Crippen molar-refractivity contribution < 1.29 is 4.79 Å². The highest BCUT2D eigenvalue weighted by molar-refractivity contribution is 8.00. The third-order valence-electron chi connectivity index (χ3n) is 2.51. The molecule has 0 amide bonds. The maximum Gasteiger partial charge on any atom is 0.168 e. The molecule has 2 rings (SSSR count). The quantitative estimate of drug-likeness (QED) is 0.720. The van der Waals surface area contributed by atoms with Crippen molar-refractivity contribution in [1.82, 2.24) is 0 Å². The molecule has 0 bridgehead atoms. The van der Waals surface area contributed by atoms with E-state index in [0.717, 1.165) is 24.8 Å². The summed E-state index contributed by atoms with van der Waals surface area (Å²) >= 11 is 1.62. The fraction of sp³-hybridized carbons (Fsp3) is 0.308. The summed E-state index contributed by atoms with van der Waals surface area (Å²) in [5.74, 6) is 0.886. The first-order valence-corrected chi connectivity index (χ1v) is 6.25. The van der Waals surface area contributed by atoms with E-state index >= 15 is 0 Å². The standard InChI is InChI=1S/C13H14OS/c14-13(11-6-4-5-7-11)10-15-12-8-2-1-3-9-12/h1-3,6,8-9H,4-5,7,10H2. The summed E-state index contributed by atoms with van der Waals surface area (Å²) in [7, 11) is 0. The maximum atomic E-state index is 11.7. The number of hydrogen-bond donors (Lipinski definition) is 0. The largest absolute Gasteiger partial charge is 0.294 e. The highest BCUT2D eigenvalue weighted by Crippen LogP contribution is 2.23. The van der Waals surface area contributed by atoms with Gasteiger partial charge in [-0.3, -0.25) is 4.79 Å². The Morgan fingerprint density at radius 1 is 1.27 bits per heavy atom. The molecule has 0 atom stereocenters. The fourth-order valence-corrected chi connectivity index (χ4v) is 2.52. The van der Waals surface area contributed by atoms with Gasteiger partial charge < -0.3 is 0 Å². The number of allylic oxidation sites excluding steroid dienone is 2. The van der Waals surface area contributed by atoms with Crippen molar-refractivity contribution in [2.24, 2.45) is 0 Å². The van der Waals surface area contributed by atoms with Gasteiger partial charge in [0, 0.05) is 4.90 Å². The van der Waals surface area contributed by atoms with Crippen molar-refractivity contribution in [2.45, 2.75) is 24.2 Å². The van der Waals surface area contributed by atoms with Gasteiger partial charge in [0.05, 0.1) is 5.75 Å². The molecule has 0 unspecified atom stereocenters. The van der Waals surface area contributed by atoms with Crippen LogP contribution in [0, 0.1) is 0 Å². The van der Waals surface area contributed by atoms with Gasteiger partial charge in [-0.15, -0.1) is 11.8 Å². The van der Waals surface area contributed by atoms with Gasteiger partial charge in [-0.2, -0.15) is 0 Å². The molecule has 78 valence electrons. The summed E-state index contributed by atoms with van der Waals surface area (Å²) in [5.41, 5.74) is 1.04. The second-order valence-electron chi connectivity index (χ2n) is 3.65. The first-order chi connectivity index (χ1) is 7.36. The van der Waals surface area contributed by atoms with E-state index in [0.29, 0.717) is 11.5 Å². The average molecular weight is 218 g/mol. The Kier molecular flexibility index (Phi) is 3.62. The molecule has 0 fully saturated rings. The van der Waals surface area contributed by atoms with E-state index in [1.54, 1.807) is 11.8 Å². The number of rotatable bonds is 4. The minimum absolute atomic E-state index is 0.307. The first kappa shape index (κ1) is 10.5. The lowest BCUT2D eigenvalue weighted by atomic mass is 10.2. The number of hydrogen-bond acceptors (Lipinski definition) is 2. The number of Topliss-reactive ketones (excluding diaryl/α,β-unsaturated/α-hetero) is 1. The van der Waals surface area contributed by atoms with Crippen LogP contribution in [0.3, 0.4) is 0 Å². The van der Waals surface area contributed by atoms with Gasteiger partial charge in [0.2, 0.25) is 0 Å². The predicted octanol–water partition coefficient (Wildman–Crippen LogP) is 3.46. The molecule has 1 aliphatic rings. The zero-order chi connectivity index (χ0) is 10.5. The third kappa shape index (κ3) is 2.96. The molecule has 2 heteroatoms. The number of thioether (sulfide) groups is 1. The highest BCUT2D eigenvalue weighted by Gasteiger charge is 2.12. The lowest BCUT2D eigenvalue weighted by molar-refractivity contribution is -0.113. The number of benzene rings is 1. The van der Waals surface area contributed by atoms with Gasteiger partial charge in [-0.1, -0.05) is 24.3 Å². The van der Waals surface area contributed by atoms with Crippen molar-refractivity contribution >= 4 is 17.5 Å². The van der Waals surface area contributed by atoms with Crippen LogP contribution in [0.5, 0.6) is 0 Å². The smallest absolute Gasteiger partial charge is 0.168 e. The molecule has 0 radical (unpaired) electrons. The zero-order valence-electron chi connectivity index (χ0n) is 8.61. The molecule has 0 saturated heterocycles. The Morgan fingerprint density at radius 3 is 2.73 bits per heavy atom. The first-order valence-electron chi connectivity index (χ1n) is 5.26. The molecule has 0 heterocycles. The molecule has 0 N–H and O–H groups in total. The van der Waals surface area contributed by atoms with Crippen LogP contribution in [0.1, 0.15) is 19.3 Å². The molecule has 0 saturated carbocycles. The molecule has 15 heavy (non-hydrogen) atoms. The van der Waals surface area contributed by atoms with Gasteiger partial charge in [0.25, 0.3) is 0 Å². The Balaban J connectivity index is 1.86. The van der Waals surface area contributed by atoms with Gasteiger partial charge in [0.15, 0.2) is 5.78 Å². The molecule has 1 aromatic rings. The van der Waals surface area contributed by atoms with Crippen LogP contribution in [0.2, 0.25) is 0 Å². The monoisotopic (exact) mass is 218 g/mol. The Hall–Kier alpha value is -1.02. The van der Waals surface area contributed by atoms with Crippen LogP contribution >= 0.6 is 11.8 Å². The topological polar surface area (TPSA) is 17.1 Å². The summed E-state index contributed by atoms with van der Waals surface area (Å²) in [6.07, 6.45) is 5.30. The molecular weight excluding hydrogens is 204 g/mol. The molecule has 1 aliphatic carbocycles. The summed E-state index contributed by atoms with van der Waals surface area (Å²) in [4.78, 5) is 12.9. The van der Waals surface area contributed by atoms with Crippen LogP contribution in [-0.4, -0.2) is 11.5 Å². The highest BCUT2D eigenvalue weighted by atomic mass is 32.2. The molecule has 0 spiro atoms. The van der Waals surface area contributed by atoms with Crippen LogP contribution in [0.15, 0.2) is 46.9 Å². The van der Waals surface area contributed by atoms with Crippen molar-refractivity contribution in [2.75, 3.05) is 5.75 Å². The van der Waals surface area contributed by atoms with E-state index < -0.39 is 0 Å². The molecule has 0 aromatic heterocycles. The Morgan fingerprint density at radius 2 is 2.07 bits per heavy atom. The molecule has 0 aliphatic heterocycles. The van der Waals surface area contributed by atoms with Gasteiger partial charge in [-0.05, 0) is 37.0 Å². The van der Waals surface area contributed by atoms with Crippen molar-refractivity contribution in [1.29, 1.82) is 0 Å².